The highest BCUT2D eigenvalue weighted by molar-refractivity contribution is 5.85. The fourth-order valence-electron chi connectivity index (χ4n) is 3.10. The van der Waals surface area contributed by atoms with E-state index in [4.69, 9.17) is 4.74 Å². The number of hydrogen-bond acceptors (Lipinski definition) is 3. The van der Waals surface area contributed by atoms with Gasteiger partial charge in [-0.1, -0.05) is 24.3 Å². The fraction of sp³-hybridized carbons (Fsp3) is 0.600. The lowest BCUT2D eigenvalue weighted by Crippen LogP contribution is -2.53. The van der Waals surface area contributed by atoms with Crippen LogP contribution in [0.3, 0.4) is 0 Å². The minimum atomic E-state index is -0.560. The second-order valence-corrected chi connectivity index (χ2v) is 7.81. The molecule has 0 unspecified atom stereocenters. The van der Waals surface area contributed by atoms with Gasteiger partial charge in [0.1, 0.15) is 11.6 Å². The molecular formula is C20H30N2O3. The second-order valence-electron chi connectivity index (χ2n) is 7.81. The van der Waals surface area contributed by atoms with Crippen LogP contribution in [0.5, 0.6) is 0 Å². The fourth-order valence-corrected chi connectivity index (χ4v) is 3.10. The zero-order chi connectivity index (χ0) is 18.6. The Kier molecular flexibility index (Phi) is 6.09. The number of nitrogens with zero attached hydrogens (tertiary/aromatic N) is 2. The second kappa shape index (κ2) is 7.89. The summed E-state index contributed by atoms with van der Waals surface area (Å²) in [6.45, 7) is 8.69. The van der Waals surface area contributed by atoms with Gasteiger partial charge in [-0.05, 0) is 58.1 Å². The first-order chi connectivity index (χ1) is 11.7. The summed E-state index contributed by atoms with van der Waals surface area (Å²) in [7, 11) is 1.80. The van der Waals surface area contributed by atoms with Crippen LogP contribution in [0, 0.1) is 6.92 Å². The summed E-state index contributed by atoms with van der Waals surface area (Å²) in [6.07, 6.45) is 2.16. The van der Waals surface area contributed by atoms with E-state index < -0.39 is 17.7 Å². The van der Waals surface area contributed by atoms with Crippen LogP contribution in [-0.2, 0) is 16.1 Å². The van der Waals surface area contributed by atoms with Crippen LogP contribution in [0.1, 0.15) is 51.2 Å². The molecule has 1 saturated heterocycles. The predicted octanol–water partition coefficient (Wildman–Crippen LogP) is 3.74. The molecule has 5 heteroatoms. The van der Waals surface area contributed by atoms with Crippen LogP contribution in [0.4, 0.5) is 4.79 Å². The van der Waals surface area contributed by atoms with Gasteiger partial charge in [-0.25, -0.2) is 4.79 Å². The van der Waals surface area contributed by atoms with Crippen molar-refractivity contribution < 1.29 is 14.3 Å². The summed E-state index contributed by atoms with van der Waals surface area (Å²) in [5.41, 5.74) is 1.72. The predicted molar refractivity (Wildman–Crippen MR) is 98.2 cm³/mol. The maximum Gasteiger partial charge on any atom is 0.410 e. The van der Waals surface area contributed by atoms with Crippen molar-refractivity contribution in [1.29, 1.82) is 0 Å². The highest BCUT2D eigenvalue weighted by Crippen LogP contribution is 2.22. The van der Waals surface area contributed by atoms with E-state index in [1.807, 2.05) is 52.0 Å². The van der Waals surface area contributed by atoms with Crippen molar-refractivity contribution in [2.24, 2.45) is 0 Å². The molecule has 0 bridgehead atoms. The third kappa shape index (κ3) is 5.21. The van der Waals surface area contributed by atoms with Crippen molar-refractivity contribution in [3.05, 3.63) is 35.4 Å². The van der Waals surface area contributed by atoms with Crippen LogP contribution in [-0.4, -0.2) is 47.0 Å². The number of hydrogen-bond donors (Lipinski definition) is 0. The number of aryl methyl sites for hydroxylation is 1. The van der Waals surface area contributed by atoms with Crippen molar-refractivity contribution in [1.82, 2.24) is 9.80 Å². The molecule has 0 radical (unpaired) electrons. The first-order valence-electron chi connectivity index (χ1n) is 8.98. The molecule has 1 heterocycles. The smallest absolute Gasteiger partial charge is 0.410 e. The van der Waals surface area contributed by atoms with Gasteiger partial charge in [0.2, 0.25) is 5.91 Å². The van der Waals surface area contributed by atoms with E-state index in [9.17, 15) is 9.59 Å². The lowest BCUT2D eigenvalue weighted by atomic mass is 10.0. The molecule has 0 aliphatic carbocycles. The molecule has 1 aromatic rings. The molecule has 1 aliphatic rings. The number of carbonyl (C=O) groups is 2. The number of benzene rings is 1. The SMILES string of the molecule is Cc1ccccc1CN(C)C(=O)[C@@H]1CCCCN1C(=O)OC(C)(C)C. The minimum absolute atomic E-state index is 0.0196. The van der Waals surface area contributed by atoms with Crippen molar-refractivity contribution >= 4 is 12.0 Å². The molecule has 1 aliphatic heterocycles. The Labute approximate surface area is 150 Å². The Hall–Kier alpha value is -2.04. The minimum Gasteiger partial charge on any atom is -0.444 e. The van der Waals surface area contributed by atoms with Crippen LogP contribution in [0.25, 0.3) is 0 Å². The van der Waals surface area contributed by atoms with E-state index in [2.05, 4.69) is 0 Å². The number of rotatable bonds is 3. The van der Waals surface area contributed by atoms with Crippen molar-refractivity contribution in [3.63, 3.8) is 0 Å². The summed E-state index contributed by atoms with van der Waals surface area (Å²) >= 11 is 0. The summed E-state index contributed by atoms with van der Waals surface area (Å²) in [4.78, 5) is 28.8. The number of carbonyl (C=O) groups excluding carboxylic acids is 2. The molecule has 2 amide bonds. The van der Waals surface area contributed by atoms with Gasteiger partial charge in [0.15, 0.2) is 0 Å². The Balaban J connectivity index is 2.09. The van der Waals surface area contributed by atoms with Gasteiger partial charge in [-0.3, -0.25) is 9.69 Å². The zero-order valence-corrected chi connectivity index (χ0v) is 16.0. The van der Waals surface area contributed by atoms with Crippen LogP contribution < -0.4 is 0 Å². The summed E-state index contributed by atoms with van der Waals surface area (Å²) in [6, 6.07) is 7.62. The molecule has 1 fully saturated rings. The van der Waals surface area contributed by atoms with Gasteiger partial charge in [0.25, 0.3) is 0 Å². The molecule has 2 rings (SSSR count). The highest BCUT2D eigenvalue weighted by atomic mass is 16.6. The van der Waals surface area contributed by atoms with Crippen LogP contribution in [0.15, 0.2) is 24.3 Å². The van der Waals surface area contributed by atoms with E-state index in [1.54, 1.807) is 16.8 Å². The number of likely N-dealkylation sites (N-methyl/N-ethyl adjacent to an activating group) is 1. The molecule has 1 aromatic carbocycles. The van der Waals surface area contributed by atoms with Gasteiger partial charge < -0.3 is 9.64 Å². The Morgan fingerprint density at radius 2 is 1.92 bits per heavy atom. The van der Waals surface area contributed by atoms with Crippen LogP contribution in [0.2, 0.25) is 0 Å². The van der Waals surface area contributed by atoms with Gasteiger partial charge in [-0.2, -0.15) is 0 Å². The standard InChI is InChI=1S/C20H30N2O3/c1-15-10-6-7-11-16(15)14-21(5)18(23)17-12-8-9-13-22(17)19(24)25-20(2,3)4/h6-7,10-11,17H,8-9,12-14H2,1-5H3/t17-/m0/s1. The maximum absolute atomic E-state index is 13.0. The molecular weight excluding hydrogens is 316 g/mol. The first-order valence-corrected chi connectivity index (χ1v) is 8.98. The van der Waals surface area contributed by atoms with Gasteiger partial charge in [0.05, 0.1) is 0 Å². The van der Waals surface area contributed by atoms with E-state index in [0.29, 0.717) is 19.5 Å². The average Bonchev–Trinajstić information content (AvgIpc) is 2.54. The Bertz CT molecular complexity index is 622. The number of piperidine rings is 1. The van der Waals surface area contributed by atoms with E-state index in [-0.39, 0.29) is 5.91 Å². The van der Waals surface area contributed by atoms with Gasteiger partial charge in [-0.15, -0.1) is 0 Å². The summed E-state index contributed by atoms with van der Waals surface area (Å²) in [5, 5.41) is 0. The highest BCUT2D eigenvalue weighted by Gasteiger charge is 2.36. The van der Waals surface area contributed by atoms with Crippen molar-refractivity contribution in [2.75, 3.05) is 13.6 Å². The lowest BCUT2D eigenvalue weighted by molar-refractivity contribution is -0.137. The van der Waals surface area contributed by atoms with E-state index in [0.717, 1.165) is 24.0 Å². The quantitative estimate of drug-likeness (QED) is 0.838. The van der Waals surface area contributed by atoms with Gasteiger partial charge >= 0.3 is 6.09 Å². The molecule has 1 atom stereocenters. The Morgan fingerprint density at radius 3 is 2.56 bits per heavy atom. The molecule has 0 saturated carbocycles. The summed E-state index contributed by atoms with van der Waals surface area (Å²) < 4.78 is 5.49. The molecule has 5 nitrogen and oxygen atoms in total. The van der Waals surface area contributed by atoms with Gasteiger partial charge in [0, 0.05) is 20.1 Å². The average molecular weight is 346 g/mol. The topological polar surface area (TPSA) is 49.9 Å². The van der Waals surface area contributed by atoms with E-state index >= 15 is 0 Å². The molecule has 138 valence electrons. The van der Waals surface area contributed by atoms with Crippen molar-refractivity contribution in [2.45, 2.75) is 65.1 Å². The largest absolute Gasteiger partial charge is 0.444 e. The molecule has 0 aromatic heterocycles. The number of likely N-dealkylation sites (tertiary alicyclic amines) is 1. The third-order valence-electron chi connectivity index (χ3n) is 4.46. The van der Waals surface area contributed by atoms with E-state index in [1.165, 1.54) is 0 Å². The monoisotopic (exact) mass is 346 g/mol. The first kappa shape index (κ1) is 19.3. The Morgan fingerprint density at radius 1 is 1.24 bits per heavy atom. The maximum atomic E-state index is 13.0. The number of amides is 2. The third-order valence-corrected chi connectivity index (χ3v) is 4.46. The molecule has 25 heavy (non-hydrogen) atoms. The number of ether oxygens (including phenoxy) is 1. The van der Waals surface area contributed by atoms with Crippen molar-refractivity contribution in [3.8, 4) is 0 Å². The zero-order valence-electron chi connectivity index (χ0n) is 16.0. The molecule has 0 spiro atoms. The normalized spacial score (nSPS) is 18.0. The lowest BCUT2D eigenvalue weighted by Gasteiger charge is -2.37. The van der Waals surface area contributed by atoms with Crippen LogP contribution >= 0.6 is 0 Å². The molecule has 0 N–H and O–H groups in total. The summed E-state index contributed by atoms with van der Waals surface area (Å²) in [5.74, 6) is -0.0196.